The highest BCUT2D eigenvalue weighted by Gasteiger charge is 2.10. The largest absolute Gasteiger partial charge is 0.496 e. The van der Waals surface area contributed by atoms with Gasteiger partial charge in [-0.25, -0.2) is 0 Å². The molecule has 2 rings (SSSR count). The fourth-order valence-corrected chi connectivity index (χ4v) is 2.33. The first-order valence-electron chi connectivity index (χ1n) is 5.71. The lowest BCUT2D eigenvalue weighted by Gasteiger charge is -2.09. The van der Waals surface area contributed by atoms with Gasteiger partial charge in [0.05, 0.1) is 12.7 Å². The van der Waals surface area contributed by atoms with Crippen LogP contribution in [-0.4, -0.2) is 28.4 Å². The fraction of sp³-hybridized carbons (Fsp3) is 0.250. The van der Waals surface area contributed by atoms with Gasteiger partial charge in [0.2, 0.25) is 5.89 Å². The quantitative estimate of drug-likeness (QED) is 0.284. The summed E-state index contributed by atoms with van der Waals surface area (Å²) in [6, 6.07) is 5.45. The van der Waals surface area contributed by atoms with Gasteiger partial charge in [-0.2, -0.15) is 0 Å². The molecule has 0 saturated carbocycles. The summed E-state index contributed by atoms with van der Waals surface area (Å²) >= 11 is 1.41. The van der Waals surface area contributed by atoms with Gasteiger partial charge in [-0.3, -0.25) is 0 Å². The van der Waals surface area contributed by atoms with E-state index in [2.05, 4.69) is 15.4 Å². The lowest BCUT2D eigenvalue weighted by molar-refractivity contribution is 0.318. The third-order valence-electron chi connectivity index (χ3n) is 2.52. The van der Waals surface area contributed by atoms with Crippen LogP contribution in [-0.2, 0) is 5.75 Å². The predicted molar refractivity (Wildman–Crippen MR) is 74.1 cm³/mol. The van der Waals surface area contributed by atoms with Gasteiger partial charge in [-0.05, 0) is 17.7 Å². The normalized spacial score (nSPS) is 11.6. The molecule has 20 heavy (non-hydrogen) atoms. The second-order valence-corrected chi connectivity index (χ2v) is 4.82. The number of aromatic nitrogens is 2. The van der Waals surface area contributed by atoms with Crippen LogP contribution in [0.4, 0.5) is 0 Å². The molecule has 0 saturated heterocycles. The number of nitrogens with two attached hydrogens (primary N) is 1. The predicted octanol–water partition coefficient (Wildman–Crippen LogP) is 1.77. The van der Waals surface area contributed by atoms with E-state index in [0.717, 1.165) is 5.56 Å². The summed E-state index contributed by atoms with van der Waals surface area (Å²) in [5.74, 6) is 1.70. The number of amidine groups is 1. The molecular formula is C12H14N4O3S. The van der Waals surface area contributed by atoms with Gasteiger partial charge >= 0.3 is 0 Å². The molecule has 0 aliphatic heterocycles. The molecule has 0 radical (unpaired) electrons. The average molecular weight is 294 g/mol. The molecule has 0 atom stereocenters. The van der Waals surface area contributed by atoms with Crippen molar-refractivity contribution in [3.8, 4) is 5.75 Å². The first kappa shape index (κ1) is 14.2. The summed E-state index contributed by atoms with van der Waals surface area (Å²) in [6.07, 6.45) is 0. The van der Waals surface area contributed by atoms with Gasteiger partial charge in [0, 0.05) is 12.7 Å². The number of rotatable bonds is 5. The van der Waals surface area contributed by atoms with E-state index in [1.807, 2.05) is 6.07 Å². The van der Waals surface area contributed by atoms with Crippen LogP contribution in [0.3, 0.4) is 0 Å². The number of hydrogen-bond acceptors (Lipinski definition) is 7. The minimum Gasteiger partial charge on any atom is -0.496 e. The van der Waals surface area contributed by atoms with Crippen molar-refractivity contribution in [3.63, 3.8) is 0 Å². The Bertz CT molecular complexity index is 627. The molecule has 1 aromatic heterocycles. The maximum Gasteiger partial charge on any atom is 0.276 e. The molecule has 0 unspecified atom stereocenters. The van der Waals surface area contributed by atoms with Crippen LogP contribution in [0.15, 0.2) is 33.0 Å². The number of thioether (sulfide) groups is 1. The molecule has 0 bridgehead atoms. The number of methoxy groups -OCH3 is 1. The number of hydrogen-bond donors (Lipinski definition) is 2. The van der Waals surface area contributed by atoms with E-state index in [1.165, 1.54) is 18.9 Å². The fourth-order valence-electron chi connectivity index (χ4n) is 1.58. The Labute approximate surface area is 119 Å². The molecular weight excluding hydrogens is 280 g/mol. The zero-order chi connectivity index (χ0) is 14.5. The van der Waals surface area contributed by atoms with Crippen molar-refractivity contribution < 1.29 is 14.4 Å². The summed E-state index contributed by atoms with van der Waals surface area (Å²) in [5, 5.41) is 19.9. The van der Waals surface area contributed by atoms with Gasteiger partial charge in [-0.15, -0.1) is 10.2 Å². The first-order chi connectivity index (χ1) is 9.63. The molecule has 2 aromatic rings. The molecule has 1 aromatic carbocycles. The van der Waals surface area contributed by atoms with Crippen molar-refractivity contribution in [2.45, 2.75) is 17.9 Å². The van der Waals surface area contributed by atoms with E-state index >= 15 is 0 Å². The van der Waals surface area contributed by atoms with E-state index < -0.39 is 0 Å². The Morgan fingerprint density at radius 3 is 2.90 bits per heavy atom. The van der Waals surface area contributed by atoms with E-state index in [1.54, 1.807) is 19.1 Å². The Balaban J connectivity index is 2.16. The van der Waals surface area contributed by atoms with Crippen molar-refractivity contribution in [2.24, 2.45) is 10.9 Å². The second kappa shape index (κ2) is 6.29. The number of oxime groups is 1. The summed E-state index contributed by atoms with van der Waals surface area (Å²) in [7, 11) is 1.53. The molecule has 106 valence electrons. The smallest absolute Gasteiger partial charge is 0.276 e. The van der Waals surface area contributed by atoms with E-state index in [9.17, 15) is 0 Å². The SMILES string of the molecule is COc1ccc(CSc2nnc(C)o2)cc1C(N)=NO. The molecule has 0 fully saturated rings. The number of ether oxygens (including phenoxy) is 1. The lowest BCUT2D eigenvalue weighted by Crippen LogP contribution is -2.14. The van der Waals surface area contributed by atoms with Crippen LogP contribution < -0.4 is 10.5 Å². The van der Waals surface area contributed by atoms with Crippen LogP contribution in [0.25, 0.3) is 0 Å². The molecule has 1 heterocycles. The molecule has 0 spiro atoms. The summed E-state index contributed by atoms with van der Waals surface area (Å²) in [5.41, 5.74) is 7.13. The summed E-state index contributed by atoms with van der Waals surface area (Å²) in [6.45, 7) is 1.74. The zero-order valence-electron chi connectivity index (χ0n) is 11.0. The minimum absolute atomic E-state index is 0.00216. The molecule has 0 aliphatic carbocycles. The van der Waals surface area contributed by atoms with Crippen molar-refractivity contribution in [1.82, 2.24) is 10.2 Å². The van der Waals surface area contributed by atoms with Crippen LogP contribution in [0.2, 0.25) is 0 Å². The molecule has 0 amide bonds. The highest BCUT2D eigenvalue weighted by atomic mass is 32.2. The minimum atomic E-state index is 0.00216. The highest BCUT2D eigenvalue weighted by molar-refractivity contribution is 7.98. The molecule has 8 heteroatoms. The third-order valence-corrected chi connectivity index (χ3v) is 3.41. The van der Waals surface area contributed by atoms with Gasteiger partial charge in [0.15, 0.2) is 5.84 Å². The van der Waals surface area contributed by atoms with Gasteiger partial charge in [-0.1, -0.05) is 23.0 Å². The lowest BCUT2D eigenvalue weighted by atomic mass is 10.1. The Morgan fingerprint density at radius 1 is 1.50 bits per heavy atom. The molecule has 3 N–H and O–H groups in total. The van der Waals surface area contributed by atoms with E-state index in [4.69, 9.17) is 20.1 Å². The number of nitrogens with zero attached hydrogens (tertiary/aromatic N) is 3. The maximum absolute atomic E-state index is 8.78. The van der Waals surface area contributed by atoms with E-state index in [0.29, 0.717) is 28.2 Å². The van der Waals surface area contributed by atoms with Gasteiger partial charge in [0.1, 0.15) is 5.75 Å². The number of benzene rings is 1. The number of aryl methyl sites for hydroxylation is 1. The Morgan fingerprint density at radius 2 is 2.30 bits per heavy atom. The van der Waals surface area contributed by atoms with Crippen molar-refractivity contribution in [2.75, 3.05) is 7.11 Å². The monoisotopic (exact) mass is 294 g/mol. The second-order valence-electron chi connectivity index (χ2n) is 3.90. The third kappa shape index (κ3) is 3.21. The van der Waals surface area contributed by atoms with Crippen molar-refractivity contribution in [3.05, 3.63) is 35.2 Å². The topological polar surface area (TPSA) is 107 Å². The first-order valence-corrected chi connectivity index (χ1v) is 6.70. The van der Waals surface area contributed by atoms with E-state index in [-0.39, 0.29) is 5.84 Å². The standard InChI is InChI=1S/C12H14N4O3S/c1-7-14-15-12(19-7)20-6-8-3-4-10(18-2)9(5-8)11(13)16-17/h3-5,17H,6H2,1-2H3,(H2,13,16). The van der Waals surface area contributed by atoms with Gasteiger partial charge in [0.25, 0.3) is 5.22 Å². The highest BCUT2D eigenvalue weighted by Crippen LogP contribution is 2.25. The van der Waals surface area contributed by atoms with Crippen LogP contribution in [0, 0.1) is 6.92 Å². The van der Waals surface area contributed by atoms with Gasteiger partial charge < -0.3 is 20.1 Å². The molecule has 7 nitrogen and oxygen atoms in total. The Hall–Kier alpha value is -2.22. The van der Waals surface area contributed by atoms with Crippen molar-refractivity contribution >= 4 is 17.6 Å². The molecule has 0 aliphatic rings. The Kier molecular flexibility index (Phi) is 4.46. The van der Waals surface area contributed by atoms with Crippen LogP contribution >= 0.6 is 11.8 Å². The zero-order valence-corrected chi connectivity index (χ0v) is 11.8. The van der Waals surface area contributed by atoms with Crippen LogP contribution in [0.5, 0.6) is 5.75 Å². The van der Waals surface area contributed by atoms with Crippen LogP contribution in [0.1, 0.15) is 17.0 Å². The summed E-state index contributed by atoms with van der Waals surface area (Å²) in [4.78, 5) is 0. The summed E-state index contributed by atoms with van der Waals surface area (Å²) < 4.78 is 10.4. The average Bonchev–Trinajstić information content (AvgIpc) is 2.89. The van der Waals surface area contributed by atoms with Crippen molar-refractivity contribution in [1.29, 1.82) is 0 Å². The maximum atomic E-state index is 8.78.